The van der Waals surface area contributed by atoms with Crippen molar-refractivity contribution < 1.29 is 9.00 Å². The molecule has 6 nitrogen and oxygen atoms in total. The van der Waals surface area contributed by atoms with E-state index in [0.29, 0.717) is 18.0 Å². The standard InChI is InChI=1S/C7H12N4O2S/c1-14(13)3-2-9-7(12)5-4-6(8)11-10-5/h4H,2-3H2,1H3,(H,9,12)(H3,8,10,11). The molecule has 0 saturated carbocycles. The van der Waals surface area contributed by atoms with Crippen molar-refractivity contribution in [3.63, 3.8) is 0 Å². The summed E-state index contributed by atoms with van der Waals surface area (Å²) in [7, 11) is -0.898. The Bertz CT molecular complexity index is 349. The minimum Gasteiger partial charge on any atom is -0.382 e. The van der Waals surface area contributed by atoms with Crippen molar-refractivity contribution in [3.05, 3.63) is 11.8 Å². The van der Waals surface area contributed by atoms with Crippen molar-refractivity contribution in [2.45, 2.75) is 0 Å². The van der Waals surface area contributed by atoms with E-state index in [1.807, 2.05) is 0 Å². The number of anilines is 1. The monoisotopic (exact) mass is 216 g/mol. The molecule has 0 radical (unpaired) electrons. The van der Waals surface area contributed by atoms with Crippen LogP contribution in [0.3, 0.4) is 0 Å². The highest BCUT2D eigenvalue weighted by atomic mass is 32.2. The normalized spacial score (nSPS) is 12.4. The van der Waals surface area contributed by atoms with E-state index in [4.69, 9.17) is 5.73 Å². The molecule has 1 heterocycles. The van der Waals surface area contributed by atoms with Gasteiger partial charge >= 0.3 is 0 Å². The summed E-state index contributed by atoms with van der Waals surface area (Å²) in [5.74, 6) is 0.420. The number of nitrogens with two attached hydrogens (primary N) is 1. The van der Waals surface area contributed by atoms with Crippen molar-refractivity contribution in [2.75, 3.05) is 24.3 Å². The lowest BCUT2D eigenvalue weighted by Crippen LogP contribution is -2.27. The Morgan fingerprint density at radius 1 is 1.79 bits per heavy atom. The number of nitrogens with zero attached hydrogens (tertiary/aromatic N) is 1. The number of carbonyl (C=O) groups is 1. The number of hydrogen-bond donors (Lipinski definition) is 3. The molecule has 1 aromatic rings. The molecule has 1 rings (SSSR count). The second-order valence-electron chi connectivity index (χ2n) is 2.74. The number of carbonyl (C=O) groups excluding carboxylic acids is 1. The first-order chi connectivity index (χ1) is 6.59. The highest BCUT2D eigenvalue weighted by Gasteiger charge is 2.07. The molecule has 4 N–H and O–H groups in total. The largest absolute Gasteiger partial charge is 0.382 e. The lowest BCUT2D eigenvalue weighted by atomic mass is 10.4. The molecule has 0 saturated heterocycles. The maximum atomic E-state index is 11.3. The molecular formula is C7H12N4O2S. The van der Waals surface area contributed by atoms with Gasteiger partial charge in [-0.25, -0.2) is 0 Å². The Hall–Kier alpha value is -1.37. The molecule has 7 heteroatoms. The van der Waals surface area contributed by atoms with Crippen molar-refractivity contribution in [3.8, 4) is 0 Å². The van der Waals surface area contributed by atoms with Gasteiger partial charge in [0.25, 0.3) is 5.91 Å². The Labute approximate surface area is 83.7 Å². The van der Waals surface area contributed by atoms with E-state index in [9.17, 15) is 9.00 Å². The molecular weight excluding hydrogens is 204 g/mol. The van der Waals surface area contributed by atoms with Gasteiger partial charge in [0.15, 0.2) is 0 Å². The fourth-order valence-electron chi connectivity index (χ4n) is 0.857. The third-order valence-corrected chi connectivity index (χ3v) is 2.30. The maximum Gasteiger partial charge on any atom is 0.269 e. The number of aromatic amines is 1. The molecule has 1 aromatic heterocycles. The van der Waals surface area contributed by atoms with E-state index >= 15 is 0 Å². The number of amides is 1. The fraction of sp³-hybridized carbons (Fsp3) is 0.429. The zero-order chi connectivity index (χ0) is 10.6. The topological polar surface area (TPSA) is 101 Å². The average molecular weight is 216 g/mol. The summed E-state index contributed by atoms with van der Waals surface area (Å²) in [5.41, 5.74) is 5.63. The molecule has 1 amide bonds. The highest BCUT2D eigenvalue weighted by Crippen LogP contribution is 1.99. The number of nitrogens with one attached hydrogen (secondary N) is 2. The number of aromatic nitrogens is 2. The minimum absolute atomic E-state index is 0.272. The lowest BCUT2D eigenvalue weighted by Gasteiger charge is -2.00. The smallest absolute Gasteiger partial charge is 0.269 e. The Kier molecular flexibility index (Phi) is 3.63. The number of rotatable bonds is 4. The van der Waals surface area contributed by atoms with Crippen molar-refractivity contribution in [1.82, 2.24) is 15.5 Å². The zero-order valence-corrected chi connectivity index (χ0v) is 8.56. The maximum absolute atomic E-state index is 11.3. The second kappa shape index (κ2) is 4.75. The van der Waals surface area contributed by atoms with Gasteiger partial charge < -0.3 is 11.1 Å². The van der Waals surface area contributed by atoms with Crippen LogP contribution in [0.4, 0.5) is 5.82 Å². The molecule has 0 bridgehead atoms. The van der Waals surface area contributed by atoms with Crippen LogP contribution in [0.2, 0.25) is 0 Å². The van der Waals surface area contributed by atoms with Gasteiger partial charge in [-0.3, -0.25) is 14.1 Å². The zero-order valence-electron chi connectivity index (χ0n) is 7.74. The average Bonchev–Trinajstić information content (AvgIpc) is 2.51. The van der Waals surface area contributed by atoms with Crippen molar-refractivity contribution in [2.24, 2.45) is 0 Å². The van der Waals surface area contributed by atoms with E-state index in [-0.39, 0.29) is 11.7 Å². The quantitative estimate of drug-likeness (QED) is 0.607. The van der Waals surface area contributed by atoms with Crippen LogP contribution < -0.4 is 11.1 Å². The van der Waals surface area contributed by atoms with Crippen LogP contribution in [0.1, 0.15) is 10.5 Å². The van der Waals surface area contributed by atoms with Gasteiger partial charge in [-0.2, -0.15) is 5.10 Å². The second-order valence-corrected chi connectivity index (χ2v) is 4.29. The summed E-state index contributed by atoms with van der Waals surface area (Å²) in [6, 6.07) is 1.44. The van der Waals surface area contributed by atoms with Gasteiger partial charge in [0.2, 0.25) is 0 Å². The lowest BCUT2D eigenvalue weighted by molar-refractivity contribution is 0.0951. The molecule has 14 heavy (non-hydrogen) atoms. The molecule has 0 aromatic carbocycles. The van der Waals surface area contributed by atoms with Crippen molar-refractivity contribution >= 4 is 22.5 Å². The van der Waals surface area contributed by atoms with Gasteiger partial charge in [-0.05, 0) is 0 Å². The van der Waals surface area contributed by atoms with Gasteiger partial charge in [0.1, 0.15) is 11.5 Å². The molecule has 0 aliphatic carbocycles. The van der Waals surface area contributed by atoms with Gasteiger partial charge in [-0.1, -0.05) is 0 Å². The van der Waals surface area contributed by atoms with E-state index in [1.165, 1.54) is 6.07 Å². The first-order valence-electron chi connectivity index (χ1n) is 3.98. The molecule has 1 atom stereocenters. The van der Waals surface area contributed by atoms with E-state index in [1.54, 1.807) is 6.26 Å². The summed E-state index contributed by atoms with van der Waals surface area (Å²) in [6.07, 6.45) is 1.58. The number of nitrogen functional groups attached to an aromatic ring is 1. The molecule has 1 unspecified atom stereocenters. The predicted octanol–water partition coefficient (Wildman–Crippen LogP) is -0.900. The summed E-state index contributed by atoms with van der Waals surface area (Å²) < 4.78 is 10.7. The molecule has 0 aliphatic heterocycles. The first kappa shape index (κ1) is 10.7. The van der Waals surface area contributed by atoms with Crippen molar-refractivity contribution in [1.29, 1.82) is 0 Å². The SMILES string of the molecule is CS(=O)CCNC(=O)c1cc(N)n[nH]1. The molecule has 78 valence electrons. The molecule has 0 fully saturated rings. The predicted molar refractivity (Wildman–Crippen MR) is 54.3 cm³/mol. The molecule has 0 spiro atoms. The Morgan fingerprint density at radius 3 is 3.00 bits per heavy atom. The summed E-state index contributed by atoms with van der Waals surface area (Å²) >= 11 is 0. The number of hydrogen-bond acceptors (Lipinski definition) is 4. The van der Waals surface area contributed by atoms with Crippen LogP contribution in [-0.4, -0.2) is 38.9 Å². The summed E-state index contributed by atoms with van der Waals surface area (Å²) in [5, 5.41) is 8.68. The number of H-pyrrole nitrogens is 1. The van der Waals surface area contributed by atoms with Crippen LogP contribution in [0, 0.1) is 0 Å². The van der Waals surface area contributed by atoms with E-state index in [0.717, 1.165) is 0 Å². The van der Waals surface area contributed by atoms with E-state index in [2.05, 4.69) is 15.5 Å². The van der Waals surface area contributed by atoms with E-state index < -0.39 is 10.8 Å². The third-order valence-electron chi connectivity index (χ3n) is 1.52. The van der Waals surface area contributed by atoms with Crippen LogP contribution in [0.5, 0.6) is 0 Å². The minimum atomic E-state index is -0.898. The third kappa shape index (κ3) is 3.17. The van der Waals surface area contributed by atoms with Gasteiger partial charge in [-0.15, -0.1) is 0 Å². The van der Waals surface area contributed by atoms with Crippen LogP contribution in [-0.2, 0) is 10.8 Å². The summed E-state index contributed by atoms with van der Waals surface area (Å²) in [6.45, 7) is 0.376. The van der Waals surface area contributed by atoms with Crippen LogP contribution in [0.15, 0.2) is 6.07 Å². The van der Waals surface area contributed by atoms with Gasteiger partial charge in [0.05, 0.1) is 0 Å². The first-order valence-corrected chi connectivity index (χ1v) is 5.71. The van der Waals surface area contributed by atoms with Crippen LogP contribution in [0.25, 0.3) is 0 Å². The Morgan fingerprint density at radius 2 is 2.50 bits per heavy atom. The highest BCUT2D eigenvalue weighted by molar-refractivity contribution is 7.84. The van der Waals surface area contributed by atoms with Gasteiger partial charge in [0, 0.05) is 35.4 Å². The Balaban J connectivity index is 2.39. The fourth-order valence-corrected chi connectivity index (χ4v) is 1.25. The summed E-state index contributed by atoms with van der Waals surface area (Å²) in [4.78, 5) is 11.3. The molecule has 0 aliphatic rings. The van der Waals surface area contributed by atoms with Crippen LogP contribution >= 0.6 is 0 Å².